The van der Waals surface area contributed by atoms with Crippen LogP contribution in [0.15, 0.2) is 54.6 Å². The van der Waals surface area contributed by atoms with E-state index in [-0.39, 0.29) is 49.3 Å². The summed E-state index contributed by atoms with van der Waals surface area (Å²) in [5.41, 5.74) is 0.744. The van der Waals surface area contributed by atoms with Crippen molar-refractivity contribution in [3.8, 4) is 0 Å². The Labute approximate surface area is 185 Å². The Morgan fingerprint density at radius 2 is 1.59 bits per heavy atom. The third-order valence-corrected chi connectivity index (χ3v) is 6.52. The van der Waals surface area contributed by atoms with Gasteiger partial charge in [0.15, 0.2) is 0 Å². The summed E-state index contributed by atoms with van der Waals surface area (Å²) in [6.45, 7) is 0.217. The molecule has 0 saturated carbocycles. The number of aryl methyl sites for hydroxylation is 1. The van der Waals surface area contributed by atoms with E-state index < -0.39 is 11.7 Å². The Morgan fingerprint density at radius 1 is 0.938 bits per heavy atom. The van der Waals surface area contributed by atoms with Gasteiger partial charge in [0.25, 0.3) is 0 Å². The van der Waals surface area contributed by atoms with Gasteiger partial charge in [0.05, 0.1) is 5.56 Å². The van der Waals surface area contributed by atoms with Gasteiger partial charge in [-0.1, -0.05) is 48.5 Å². The second kappa shape index (κ2) is 9.35. The molecule has 2 unspecified atom stereocenters. The second-order valence-corrected chi connectivity index (χ2v) is 8.67. The third-order valence-electron chi connectivity index (χ3n) is 6.52. The Hall–Kier alpha value is -2.83. The molecule has 2 aliphatic rings. The number of ketones is 1. The molecule has 0 N–H and O–H groups in total. The van der Waals surface area contributed by atoms with Crippen LogP contribution in [0, 0.1) is 5.92 Å². The number of benzene rings is 2. The lowest BCUT2D eigenvalue weighted by molar-refractivity contribution is -0.137. The predicted octanol–water partition coefficient (Wildman–Crippen LogP) is 5.79. The van der Waals surface area contributed by atoms with E-state index in [2.05, 4.69) is 0 Å². The highest BCUT2D eigenvalue weighted by Crippen LogP contribution is 2.40. The Bertz CT molecular complexity index is 946. The number of nitrogens with zero attached hydrogens (tertiary/aromatic N) is 1. The lowest BCUT2D eigenvalue weighted by Crippen LogP contribution is -2.48. The van der Waals surface area contributed by atoms with Crippen molar-refractivity contribution < 1.29 is 27.5 Å². The number of ether oxygens (including phenoxy) is 1. The van der Waals surface area contributed by atoms with Crippen molar-refractivity contribution in [2.75, 3.05) is 0 Å². The van der Waals surface area contributed by atoms with Crippen LogP contribution in [0.2, 0.25) is 0 Å². The van der Waals surface area contributed by atoms with Gasteiger partial charge in [-0.15, -0.1) is 0 Å². The average Bonchev–Trinajstić information content (AvgIpc) is 3.05. The number of fused-ring (bicyclic) bond motifs is 2. The van der Waals surface area contributed by atoms with Gasteiger partial charge in [0.1, 0.15) is 12.4 Å². The molecule has 0 radical (unpaired) electrons. The predicted molar refractivity (Wildman–Crippen MR) is 113 cm³/mol. The van der Waals surface area contributed by atoms with Crippen molar-refractivity contribution in [3.05, 3.63) is 71.3 Å². The summed E-state index contributed by atoms with van der Waals surface area (Å²) in [6.07, 6.45) is -1.33. The minimum Gasteiger partial charge on any atom is -0.445 e. The van der Waals surface area contributed by atoms with Gasteiger partial charge in [0, 0.05) is 24.4 Å². The molecule has 7 heteroatoms. The summed E-state index contributed by atoms with van der Waals surface area (Å²) in [5, 5.41) is 0. The SMILES string of the molecule is O=C(CCc1cccc(C(F)(F)F)c1)C1CC2CCC(C1)N2C(=O)OCc1ccccc1. The molecule has 2 heterocycles. The molecule has 2 aromatic carbocycles. The molecule has 2 bridgehead atoms. The van der Waals surface area contributed by atoms with Crippen LogP contribution in [-0.2, 0) is 28.7 Å². The molecule has 2 aliphatic heterocycles. The quantitative estimate of drug-likeness (QED) is 0.566. The van der Waals surface area contributed by atoms with Crippen LogP contribution < -0.4 is 0 Å². The monoisotopic (exact) mass is 445 g/mol. The van der Waals surface area contributed by atoms with Crippen molar-refractivity contribution >= 4 is 11.9 Å². The van der Waals surface area contributed by atoms with E-state index in [1.165, 1.54) is 6.07 Å². The third kappa shape index (κ3) is 5.14. The van der Waals surface area contributed by atoms with Crippen LogP contribution in [0.25, 0.3) is 0 Å². The molecule has 2 atom stereocenters. The highest BCUT2D eigenvalue weighted by atomic mass is 19.4. The van der Waals surface area contributed by atoms with E-state index in [1.54, 1.807) is 11.0 Å². The zero-order chi connectivity index (χ0) is 22.7. The number of rotatable bonds is 6. The minimum atomic E-state index is -4.39. The highest BCUT2D eigenvalue weighted by Gasteiger charge is 2.45. The normalized spacial score (nSPS) is 22.6. The number of hydrogen-bond acceptors (Lipinski definition) is 3. The number of carbonyl (C=O) groups excluding carboxylic acids is 2. The van der Waals surface area contributed by atoms with E-state index in [0.29, 0.717) is 18.4 Å². The number of piperidine rings is 1. The van der Waals surface area contributed by atoms with E-state index in [9.17, 15) is 22.8 Å². The standard InChI is InChI=1S/C25H26F3NO3/c26-25(27,28)20-8-4-7-17(13-20)9-12-23(30)19-14-21-10-11-22(15-19)29(21)24(31)32-16-18-5-2-1-3-6-18/h1-8,13,19,21-22H,9-12,14-16H2. The minimum absolute atomic E-state index is 0.0143. The van der Waals surface area contributed by atoms with Crippen LogP contribution in [0.5, 0.6) is 0 Å². The maximum absolute atomic E-state index is 12.9. The summed E-state index contributed by atoms with van der Waals surface area (Å²) in [5.74, 6) is -0.0897. The van der Waals surface area contributed by atoms with Crippen LogP contribution in [-0.4, -0.2) is 28.9 Å². The summed E-state index contributed by atoms with van der Waals surface area (Å²) >= 11 is 0. The summed E-state index contributed by atoms with van der Waals surface area (Å²) < 4.78 is 44.2. The van der Waals surface area contributed by atoms with Crippen molar-refractivity contribution in [2.24, 2.45) is 5.92 Å². The fourth-order valence-electron chi connectivity index (χ4n) is 4.91. The van der Waals surface area contributed by atoms with Crippen LogP contribution in [0.3, 0.4) is 0 Å². The molecule has 32 heavy (non-hydrogen) atoms. The first-order valence-electron chi connectivity index (χ1n) is 11.0. The average molecular weight is 445 g/mol. The van der Waals surface area contributed by atoms with Gasteiger partial charge in [-0.2, -0.15) is 13.2 Å². The van der Waals surface area contributed by atoms with E-state index in [1.807, 2.05) is 30.3 Å². The zero-order valence-electron chi connectivity index (χ0n) is 17.7. The molecule has 0 aliphatic carbocycles. The number of halogens is 3. The maximum atomic E-state index is 12.9. The highest BCUT2D eigenvalue weighted by molar-refractivity contribution is 5.82. The Morgan fingerprint density at radius 3 is 2.25 bits per heavy atom. The molecule has 2 saturated heterocycles. The summed E-state index contributed by atoms with van der Waals surface area (Å²) in [4.78, 5) is 27.3. The van der Waals surface area contributed by atoms with E-state index >= 15 is 0 Å². The molecule has 2 aromatic rings. The number of hydrogen-bond donors (Lipinski definition) is 0. The lowest BCUT2D eigenvalue weighted by Gasteiger charge is -2.37. The van der Waals surface area contributed by atoms with Crippen LogP contribution in [0.4, 0.5) is 18.0 Å². The molecule has 1 amide bonds. The van der Waals surface area contributed by atoms with Crippen molar-refractivity contribution in [2.45, 2.75) is 63.4 Å². The molecule has 2 fully saturated rings. The molecule has 4 rings (SSSR count). The number of amides is 1. The van der Waals surface area contributed by atoms with Gasteiger partial charge in [-0.3, -0.25) is 4.79 Å². The molecule has 0 aromatic heterocycles. The van der Waals surface area contributed by atoms with E-state index in [4.69, 9.17) is 4.74 Å². The molecule has 0 spiro atoms. The van der Waals surface area contributed by atoms with Crippen molar-refractivity contribution in [1.82, 2.24) is 4.90 Å². The number of Topliss-reactive ketones (excluding diaryl/α,β-unsaturated/α-hetero) is 1. The van der Waals surface area contributed by atoms with Gasteiger partial charge >= 0.3 is 12.3 Å². The first-order valence-corrected chi connectivity index (χ1v) is 11.0. The van der Waals surface area contributed by atoms with Crippen LogP contribution >= 0.6 is 0 Å². The number of alkyl halides is 3. The molecular formula is C25H26F3NO3. The Kier molecular flexibility index (Phi) is 6.53. The lowest BCUT2D eigenvalue weighted by atomic mass is 9.85. The second-order valence-electron chi connectivity index (χ2n) is 8.67. The molecule has 4 nitrogen and oxygen atoms in total. The molecule has 170 valence electrons. The smallest absolute Gasteiger partial charge is 0.416 e. The zero-order valence-corrected chi connectivity index (χ0v) is 17.7. The van der Waals surface area contributed by atoms with E-state index in [0.717, 1.165) is 30.5 Å². The first-order chi connectivity index (χ1) is 15.3. The van der Waals surface area contributed by atoms with Gasteiger partial charge in [-0.05, 0) is 49.3 Å². The topological polar surface area (TPSA) is 46.6 Å². The molecular weight excluding hydrogens is 419 g/mol. The summed E-state index contributed by atoms with van der Waals surface area (Å²) in [7, 11) is 0. The fourth-order valence-corrected chi connectivity index (χ4v) is 4.91. The van der Waals surface area contributed by atoms with Gasteiger partial charge < -0.3 is 9.64 Å². The number of carbonyl (C=O) groups is 2. The fraction of sp³-hybridized carbons (Fsp3) is 0.440. The van der Waals surface area contributed by atoms with Crippen molar-refractivity contribution in [3.63, 3.8) is 0 Å². The maximum Gasteiger partial charge on any atom is 0.416 e. The summed E-state index contributed by atoms with van der Waals surface area (Å²) in [6, 6.07) is 14.6. The first kappa shape index (κ1) is 22.4. The largest absolute Gasteiger partial charge is 0.445 e. The van der Waals surface area contributed by atoms with Crippen LogP contribution in [0.1, 0.15) is 48.8 Å². The van der Waals surface area contributed by atoms with Crippen molar-refractivity contribution in [1.29, 1.82) is 0 Å². The Balaban J connectivity index is 1.30. The van der Waals surface area contributed by atoms with Gasteiger partial charge in [0.2, 0.25) is 0 Å². The van der Waals surface area contributed by atoms with Gasteiger partial charge in [-0.25, -0.2) is 4.79 Å².